The number of carbonyl (C=O) groups is 10. The third-order valence-electron chi connectivity index (χ3n) is 6.64. The van der Waals surface area contributed by atoms with Gasteiger partial charge >= 0.3 is 5.97 Å². The van der Waals surface area contributed by atoms with Crippen LogP contribution in [0.3, 0.4) is 0 Å². The first-order valence-corrected chi connectivity index (χ1v) is 14.7. The van der Waals surface area contributed by atoms with E-state index in [1.54, 1.807) is 13.8 Å². The van der Waals surface area contributed by atoms with Crippen LogP contribution < -0.4 is 55.3 Å². The molecule has 6 atom stereocenters. The highest BCUT2D eigenvalue weighted by Crippen LogP contribution is 2.09. The molecule has 21 nitrogen and oxygen atoms in total. The largest absolute Gasteiger partial charge is 0.481 e. The number of nitrogens with two attached hydrogens (primary N) is 5. The van der Waals surface area contributed by atoms with E-state index < -0.39 is 139 Å². The van der Waals surface area contributed by atoms with Gasteiger partial charge in [-0.2, -0.15) is 0 Å². The fourth-order valence-electron chi connectivity index (χ4n) is 4.05. The highest BCUT2D eigenvalue weighted by atomic mass is 16.4. The zero-order valence-electron chi connectivity index (χ0n) is 27.1. The molecule has 0 aliphatic carbocycles. The third-order valence-corrected chi connectivity index (χ3v) is 6.64. The monoisotopic (exact) mass is 686 g/mol. The van der Waals surface area contributed by atoms with Crippen LogP contribution in [0.1, 0.15) is 59.8 Å². The molecule has 48 heavy (non-hydrogen) atoms. The lowest BCUT2D eigenvalue weighted by Gasteiger charge is -2.29. The molecular formula is C27H46N10O11. The first kappa shape index (κ1) is 42.7. The molecule has 0 fully saturated rings. The number of amides is 9. The van der Waals surface area contributed by atoms with Crippen molar-refractivity contribution in [2.75, 3.05) is 0 Å². The van der Waals surface area contributed by atoms with Crippen molar-refractivity contribution in [1.29, 1.82) is 0 Å². The van der Waals surface area contributed by atoms with E-state index in [0.717, 1.165) is 0 Å². The summed E-state index contributed by atoms with van der Waals surface area (Å²) >= 11 is 0. The lowest BCUT2D eigenvalue weighted by atomic mass is 9.98. The fourth-order valence-corrected chi connectivity index (χ4v) is 4.05. The summed E-state index contributed by atoms with van der Waals surface area (Å²) in [6.45, 7) is 6.19. The van der Waals surface area contributed by atoms with Crippen molar-refractivity contribution in [3.8, 4) is 0 Å². The molecule has 0 radical (unpaired) electrons. The zero-order chi connectivity index (χ0) is 37.5. The first-order chi connectivity index (χ1) is 22.1. The molecule has 16 N–H and O–H groups in total. The van der Waals surface area contributed by atoms with Gasteiger partial charge in [0.25, 0.3) is 0 Å². The number of hydrogen-bond donors (Lipinski definition) is 11. The summed E-state index contributed by atoms with van der Waals surface area (Å²) in [6.07, 6.45) is -3.05. The Balaban J connectivity index is 6.08. The van der Waals surface area contributed by atoms with Gasteiger partial charge in [0.2, 0.25) is 53.2 Å². The number of primary amides is 4. The standard InChI is InChI=1S/C27H46N10O11/c1-10(2)20(37-27(48)21(11(3)4)36-23(44)12(28)7-19(41)42)26(47)35-15(9-18(31)40)25(46)33-13(5-6-16(29)38)24(45)34-14(22(32)43)8-17(30)39/h10-15,20-21H,5-9,28H2,1-4H3,(H2,29,38)(H2,30,39)(H2,31,40)(H2,32,43)(H,33,46)(H,34,45)(H,35,47)(H,36,44)(H,37,48)(H,41,42)/t12-,13-,14-,15-,20-,21-/m0/s1. The molecule has 0 spiro atoms. The Morgan fingerprint density at radius 3 is 1.33 bits per heavy atom. The van der Waals surface area contributed by atoms with E-state index in [9.17, 15) is 47.9 Å². The number of rotatable bonds is 22. The van der Waals surface area contributed by atoms with Crippen molar-refractivity contribution >= 4 is 59.1 Å². The Morgan fingerprint density at radius 2 is 0.917 bits per heavy atom. The third kappa shape index (κ3) is 15.8. The van der Waals surface area contributed by atoms with Crippen LogP contribution in [0.4, 0.5) is 0 Å². The Hall–Kier alpha value is -5.34. The topological polar surface area (TPSA) is 381 Å². The molecule has 0 aliphatic rings. The van der Waals surface area contributed by atoms with Crippen molar-refractivity contribution in [2.24, 2.45) is 40.5 Å². The smallest absolute Gasteiger partial charge is 0.305 e. The maximum atomic E-state index is 13.4. The van der Waals surface area contributed by atoms with Gasteiger partial charge in [0.1, 0.15) is 30.2 Å². The minimum Gasteiger partial charge on any atom is -0.481 e. The summed E-state index contributed by atoms with van der Waals surface area (Å²) in [5.41, 5.74) is 26.3. The van der Waals surface area contributed by atoms with Crippen LogP contribution >= 0.6 is 0 Å². The van der Waals surface area contributed by atoms with Crippen LogP contribution in [0.5, 0.6) is 0 Å². The van der Waals surface area contributed by atoms with Crippen molar-refractivity contribution in [3.63, 3.8) is 0 Å². The van der Waals surface area contributed by atoms with E-state index in [2.05, 4.69) is 26.6 Å². The second-order valence-corrected chi connectivity index (χ2v) is 11.6. The van der Waals surface area contributed by atoms with Gasteiger partial charge in [-0.05, 0) is 18.3 Å². The Kier molecular flexibility index (Phi) is 17.8. The van der Waals surface area contributed by atoms with Crippen molar-refractivity contribution in [2.45, 2.75) is 96.1 Å². The fraction of sp³-hybridized carbons (Fsp3) is 0.630. The predicted octanol–water partition coefficient (Wildman–Crippen LogP) is -5.97. The van der Waals surface area contributed by atoms with E-state index >= 15 is 0 Å². The van der Waals surface area contributed by atoms with Crippen LogP contribution in [0.25, 0.3) is 0 Å². The molecule has 0 saturated carbocycles. The maximum absolute atomic E-state index is 13.4. The van der Waals surface area contributed by atoms with Crippen molar-refractivity contribution in [3.05, 3.63) is 0 Å². The van der Waals surface area contributed by atoms with Gasteiger partial charge < -0.3 is 60.4 Å². The van der Waals surface area contributed by atoms with E-state index in [1.807, 2.05) is 0 Å². The van der Waals surface area contributed by atoms with Gasteiger partial charge in [-0.25, -0.2) is 0 Å². The Labute approximate surface area is 275 Å². The average Bonchev–Trinajstić information content (AvgIpc) is 2.93. The van der Waals surface area contributed by atoms with Gasteiger partial charge in [0.05, 0.1) is 25.3 Å². The SMILES string of the molecule is CC(C)[C@H](NC(=O)[C@@H](NC(=O)[C@@H](N)CC(=O)O)C(C)C)C(=O)N[C@@H](CC(N)=O)C(=O)N[C@@H](CCC(N)=O)C(=O)N[C@@H](CC(N)=O)C(N)=O. The molecule has 0 unspecified atom stereocenters. The number of hydrogen-bond acceptors (Lipinski definition) is 11. The molecule has 270 valence electrons. The normalized spacial score (nSPS) is 14.6. The Bertz CT molecular complexity index is 1260. The average molecular weight is 687 g/mol. The van der Waals surface area contributed by atoms with Crippen LogP contribution in [0.15, 0.2) is 0 Å². The zero-order valence-corrected chi connectivity index (χ0v) is 27.1. The summed E-state index contributed by atoms with van der Waals surface area (Å²) in [5, 5.41) is 20.3. The van der Waals surface area contributed by atoms with Gasteiger partial charge in [-0.15, -0.1) is 0 Å². The van der Waals surface area contributed by atoms with Gasteiger partial charge in [-0.3, -0.25) is 47.9 Å². The lowest BCUT2D eigenvalue weighted by Crippen LogP contribution is -2.61. The summed E-state index contributed by atoms with van der Waals surface area (Å²) in [7, 11) is 0. The van der Waals surface area contributed by atoms with E-state index in [-0.39, 0.29) is 0 Å². The van der Waals surface area contributed by atoms with E-state index in [0.29, 0.717) is 0 Å². The molecule has 0 heterocycles. The van der Waals surface area contributed by atoms with E-state index in [1.165, 1.54) is 13.8 Å². The van der Waals surface area contributed by atoms with Crippen LogP contribution in [-0.2, 0) is 47.9 Å². The highest BCUT2D eigenvalue weighted by Gasteiger charge is 2.35. The van der Waals surface area contributed by atoms with Crippen molar-refractivity contribution in [1.82, 2.24) is 26.6 Å². The number of carboxylic acid groups (broad SMARTS) is 1. The van der Waals surface area contributed by atoms with Crippen LogP contribution in [0.2, 0.25) is 0 Å². The molecule has 0 rings (SSSR count). The lowest BCUT2D eigenvalue weighted by molar-refractivity contribution is -0.140. The van der Waals surface area contributed by atoms with Crippen molar-refractivity contribution < 1.29 is 53.1 Å². The number of carboxylic acids is 1. The number of carbonyl (C=O) groups excluding carboxylic acids is 9. The summed E-state index contributed by atoms with van der Waals surface area (Å²) in [5.74, 6) is -11.6. The van der Waals surface area contributed by atoms with Gasteiger partial charge in [-0.1, -0.05) is 27.7 Å². The summed E-state index contributed by atoms with van der Waals surface area (Å²) in [6, 6.07) is -9.01. The van der Waals surface area contributed by atoms with E-state index in [4.69, 9.17) is 33.8 Å². The molecule has 21 heteroatoms. The molecule has 0 saturated heterocycles. The first-order valence-electron chi connectivity index (χ1n) is 14.7. The number of aliphatic carboxylic acids is 1. The van der Waals surface area contributed by atoms with Gasteiger partial charge in [0.15, 0.2) is 0 Å². The summed E-state index contributed by atoms with van der Waals surface area (Å²) < 4.78 is 0. The molecule has 0 aromatic heterocycles. The quantitative estimate of drug-likeness (QED) is 0.0507. The highest BCUT2D eigenvalue weighted by molar-refractivity contribution is 5.98. The number of nitrogens with one attached hydrogen (secondary N) is 5. The molecule has 0 bridgehead atoms. The minimum atomic E-state index is -1.73. The molecule has 0 aromatic rings. The Morgan fingerprint density at radius 1 is 0.521 bits per heavy atom. The molecule has 0 aromatic carbocycles. The van der Waals surface area contributed by atoms with Crippen LogP contribution in [0, 0.1) is 11.8 Å². The summed E-state index contributed by atoms with van der Waals surface area (Å²) in [4.78, 5) is 122. The predicted molar refractivity (Wildman–Crippen MR) is 165 cm³/mol. The molecular weight excluding hydrogens is 640 g/mol. The van der Waals surface area contributed by atoms with Gasteiger partial charge in [0, 0.05) is 6.42 Å². The molecule has 0 aliphatic heterocycles. The minimum absolute atomic E-state index is 0.421. The molecule has 9 amide bonds. The second kappa shape index (κ2) is 20.0. The maximum Gasteiger partial charge on any atom is 0.305 e. The second-order valence-electron chi connectivity index (χ2n) is 11.6. The van der Waals surface area contributed by atoms with Crippen LogP contribution in [-0.4, -0.2) is 100 Å².